The number of hydrogen-bond donors (Lipinski definition) is 1. The highest BCUT2D eigenvalue weighted by Crippen LogP contribution is 2.20. The van der Waals surface area contributed by atoms with Crippen molar-refractivity contribution < 1.29 is 18.0 Å². The van der Waals surface area contributed by atoms with Crippen molar-refractivity contribution in [1.29, 1.82) is 0 Å². The summed E-state index contributed by atoms with van der Waals surface area (Å²) >= 11 is 0. The van der Waals surface area contributed by atoms with Crippen LogP contribution in [0.4, 0.5) is 13.2 Å². The Morgan fingerprint density at radius 2 is 1.88 bits per heavy atom. The molecule has 0 aliphatic carbocycles. The highest BCUT2D eigenvalue weighted by molar-refractivity contribution is 5.79. The number of hydrogen-bond acceptors (Lipinski definition) is 2. The quantitative estimate of drug-likeness (QED) is 0.789. The van der Waals surface area contributed by atoms with Gasteiger partial charge in [-0.2, -0.15) is 13.2 Å². The van der Waals surface area contributed by atoms with Crippen LogP contribution in [0.25, 0.3) is 0 Å². The number of nitrogens with two attached hydrogens (primary N) is 1. The number of halogens is 3. The molecule has 0 aromatic heterocycles. The summed E-state index contributed by atoms with van der Waals surface area (Å²) in [5, 5.41) is 0. The molecule has 0 aliphatic rings. The second-order valence-corrected chi connectivity index (χ2v) is 4.40. The molecule has 0 saturated carbocycles. The van der Waals surface area contributed by atoms with Gasteiger partial charge < -0.3 is 10.6 Å². The van der Waals surface area contributed by atoms with E-state index in [9.17, 15) is 18.0 Å². The maximum absolute atomic E-state index is 12.4. The molecule has 0 bridgehead atoms. The van der Waals surface area contributed by atoms with E-state index in [1.807, 2.05) is 6.92 Å². The van der Waals surface area contributed by atoms with Crippen LogP contribution < -0.4 is 5.73 Å². The average molecular weight is 254 g/mol. The molecule has 0 aliphatic heterocycles. The lowest BCUT2D eigenvalue weighted by atomic mass is 10.0. The van der Waals surface area contributed by atoms with Crippen molar-refractivity contribution in [2.75, 3.05) is 13.1 Å². The largest absolute Gasteiger partial charge is 0.406 e. The van der Waals surface area contributed by atoms with Crippen LogP contribution in [0.5, 0.6) is 0 Å². The first-order chi connectivity index (χ1) is 7.72. The number of amides is 1. The van der Waals surface area contributed by atoms with Crippen molar-refractivity contribution in [3.8, 4) is 0 Å². The van der Waals surface area contributed by atoms with Crippen LogP contribution in [-0.2, 0) is 4.79 Å². The topological polar surface area (TPSA) is 46.3 Å². The summed E-state index contributed by atoms with van der Waals surface area (Å²) in [5.74, 6) is -1.01. The van der Waals surface area contributed by atoms with Gasteiger partial charge in [0.1, 0.15) is 6.54 Å². The minimum Gasteiger partial charge on any atom is -0.331 e. The first-order valence-electron chi connectivity index (χ1n) is 5.80. The van der Waals surface area contributed by atoms with Crippen LogP contribution in [0.15, 0.2) is 0 Å². The number of carbonyl (C=O) groups excluding carboxylic acids is 1. The van der Waals surface area contributed by atoms with Crippen LogP contribution in [0.3, 0.4) is 0 Å². The molecule has 6 heteroatoms. The van der Waals surface area contributed by atoms with E-state index in [2.05, 4.69) is 0 Å². The molecule has 3 nitrogen and oxygen atoms in total. The van der Waals surface area contributed by atoms with Crippen LogP contribution in [-0.4, -0.2) is 36.1 Å². The minimum atomic E-state index is -4.37. The van der Waals surface area contributed by atoms with Crippen LogP contribution in [0, 0.1) is 5.92 Å². The average Bonchev–Trinajstić information content (AvgIpc) is 2.20. The van der Waals surface area contributed by atoms with Gasteiger partial charge in [0.2, 0.25) is 5.91 Å². The van der Waals surface area contributed by atoms with Gasteiger partial charge in [0.05, 0.1) is 5.92 Å². The van der Waals surface area contributed by atoms with Gasteiger partial charge in [-0.1, -0.05) is 13.3 Å². The molecule has 102 valence electrons. The maximum atomic E-state index is 12.4. The zero-order chi connectivity index (χ0) is 13.6. The molecule has 1 unspecified atom stereocenters. The Kier molecular flexibility index (Phi) is 6.52. The Balaban J connectivity index is 4.75. The molecule has 17 heavy (non-hydrogen) atoms. The Morgan fingerprint density at radius 3 is 2.18 bits per heavy atom. The standard InChI is InChI=1S/C11H21F3N2O/c1-4-5-9(6-15)10(17)16(8(2)3)7-11(12,13)14/h8-9H,4-7,15H2,1-3H3. The van der Waals surface area contributed by atoms with Crippen LogP contribution >= 0.6 is 0 Å². The van der Waals surface area contributed by atoms with E-state index in [0.29, 0.717) is 6.42 Å². The van der Waals surface area contributed by atoms with Gasteiger partial charge in [-0.05, 0) is 20.3 Å². The lowest BCUT2D eigenvalue weighted by Gasteiger charge is -2.30. The summed E-state index contributed by atoms with van der Waals surface area (Å²) in [7, 11) is 0. The molecule has 2 N–H and O–H groups in total. The van der Waals surface area contributed by atoms with E-state index < -0.39 is 30.6 Å². The van der Waals surface area contributed by atoms with Crippen molar-refractivity contribution in [1.82, 2.24) is 4.90 Å². The number of rotatable bonds is 6. The predicted molar refractivity (Wildman–Crippen MR) is 60.4 cm³/mol. The number of alkyl halides is 3. The molecular formula is C11H21F3N2O. The lowest BCUT2D eigenvalue weighted by molar-refractivity contribution is -0.167. The lowest BCUT2D eigenvalue weighted by Crippen LogP contribution is -2.47. The maximum Gasteiger partial charge on any atom is 0.406 e. The first-order valence-corrected chi connectivity index (χ1v) is 5.80. The molecule has 1 amide bonds. The van der Waals surface area contributed by atoms with Crippen molar-refractivity contribution >= 4 is 5.91 Å². The third-order valence-corrected chi connectivity index (χ3v) is 2.53. The molecule has 0 radical (unpaired) electrons. The zero-order valence-electron chi connectivity index (χ0n) is 10.5. The Morgan fingerprint density at radius 1 is 1.35 bits per heavy atom. The monoisotopic (exact) mass is 254 g/mol. The first kappa shape index (κ1) is 16.2. The van der Waals surface area contributed by atoms with E-state index in [0.717, 1.165) is 11.3 Å². The Hall–Kier alpha value is -0.780. The third kappa shape index (κ3) is 5.91. The second-order valence-electron chi connectivity index (χ2n) is 4.40. The van der Waals surface area contributed by atoms with Gasteiger partial charge >= 0.3 is 6.18 Å². The van der Waals surface area contributed by atoms with Crippen LogP contribution in [0.2, 0.25) is 0 Å². The summed E-state index contributed by atoms with van der Waals surface area (Å²) in [5.41, 5.74) is 5.43. The second kappa shape index (κ2) is 6.83. The van der Waals surface area contributed by atoms with Gasteiger partial charge in [0.15, 0.2) is 0 Å². The molecule has 0 rings (SSSR count). The fourth-order valence-electron chi connectivity index (χ4n) is 1.63. The Labute approximate surface area is 100 Å². The van der Waals surface area contributed by atoms with Gasteiger partial charge in [-0.3, -0.25) is 4.79 Å². The summed E-state index contributed by atoms with van der Waals surface area (Å²) in [6, 6.07) is -0.477. The smallest absolute Gasteiger partial charge is 0.331 e. The van der Waals surface area contributed by atoms with E-state index in [-0.39, 0.29) is 6.54 Å². The van der Waals surface area contributed by atoms with Crippen LogP contribution in [0.1, 0.15) is 33.6 Å². The normalized spacial score (nSPS) is 13.9. The van der Waals surface area contributed by atoms with Gasteiger partial charge in [-0.25, -0.2) is 0 Å². The molecular weight excluding hydrogens is 233 g/mol. The highest BCUT2D eigenvalue weighted by Gasteiger charge is 2.35. The summed E-state index contributed by atoms with van der Waals surface area (Å²) < 4.78 is 37.1. The fourth-order valence-corrected chi connectivity index (χ4v) is 1.63. The molecule has 1 atom stereocenters. The summed E-state index contributed by atoms with van der Waals surface area (Å²) in [6.45, 7) is 3.91. The molecule has 0 heterocycles. The zero-order valence-corrected chi connectivity index (χ0v) is 10.5. The number of nitrogens with zero attached hydrogens (tertiary/aromatic N) is 1. The summed E-state index contributed by atoms with van der Waals surface area (Å²) in [4.78, 5) is 12.8. The van der Waals surface area contributed by atoms with Crippen molar-refractivity contribution in [3.63, 3.8) is 0 Å². The fraction of sp³-hybridized carbons (Fsp3) is 0.909. The number of carbonyl (C=O) groups is 1. The van der Waals surface area contributed by atoms with E-state index in [1.165, 1.54) is 0 Å². The molecule has 0 saturated heterocycles. The van der Waals surface area contributed by atoms with Crippen molar-refractivity contribution in [3.05, 3.63) is 0 Å². The van der Waals surface area contributed by atoms with E-state index in [1.54, 1.807) is 13.8 Å². The minimum absolute atomic E-state index is 0.0910. The molecule has 0 aromatic rings. The molecule has 0 spiro atoms. The third-order valence-electron chi connectivity index (χ3n) is 2.53. The predicted octanol–water partition coefficient (Wildman–Crippen LogP) is 2.16. The molecule has 0 aromatic carbocycles. The molecule has 0 fully saturated rings. The van der Waals surface area contributed by atoms with Crippen molar-refractivity contribution in [2.24, 2.45) is 11.7 Å². The van der Waals surface area contributed by atoms with Crippen molar-refractivity contribution in [2.45, 2.75) is 45.8 Å². The van der Waals surface area contributed by atoms with Gasteiger partial charge in [0.25, 0.3) is 0 Å². The van der Waals surface area contributed by atoms with Gasteiger partial charge in [0, 0.05) is 12.6 Å². The Bertz CT molecular complexity index is 241. The highest BCUT2D eigenvalue weighted by atomic mass is 19.4. The summed E-state index contributed by atoms with van der Waals surface area (Å²) in [6.07, 6.45) is -3.12. The van der Waals surface area contributed by atoms with E-state index in [4.69, 9.17) is 5.73 Å². The SMILES string of the molecule is CCCC(CN)C(=O)N(CC(F)(F)F)C(C)C. The van der Waals surface area contributed by atoms with Gasteiger partial charge in [-0.15, -0.1) is 0 Å². The van der Waals surface area contributed by atoms with E-state index >= 15 is 0 Å².